The first-order valence-corrected chi connectivity index (χ1v) is 14.5. The summed E-state index contributed by atoms with van der Waals surface area (Å²) < 4.78 is 19.0. The van der Waals surface area contributed by atoms with Gasteiger partial charge in [0.15, 0.2) is 16.3 Å². The Hall–Kier alpha value is -4.63. The first-order chi connectivity index (χ1) is 20.2. The standard InChI is InChI=1S/C33H32N2O6S/c1-5-39-27-17-23(11-16-26(27)36)18-28-31(37)35-30(29(32(38)41-20(2)3)21(4)34-33(35)42-28)24-12-14-25(15-13-24)40-19-22-9-7-6-8-10-22/h6-18,20,30,36H,5,19H2,1-4H3. The van der Waals surface area contributed by atoms with Crippen molar-refractivity contribution in [1.29, 1.82) is 0 Å². The predicted molar refractivity (Wildman–Crippen MR) is 161 cm³/mol. The van der Waals surface area contributed by atoms with Crippen LogP contribution >= 0.6 is 11.3 Å². The van der Waals surface area contributed by atoms with E-state index in [0.29, 0.717) is 50.9 Å². The number of carbonyl (C=O) groups is 1. The highest BCUT2D eigenvalue weighted by atomic mass is 32.1. The van der Waals surface area contributed by atoms with Crippen LogP contribution in [0.1, 0.15) is 50.4 Å². The Morgan fingerprint density at radius 1 is 1.07 bits per heavy atom. The molecule has 1 unspecified atom stereocenters. The maximum atomic E-state index is 13.9. The normalized spacial score (nSPS) is 14.9. The summed E-state index contributed by atoms with van der Waals surface area (Å²) in [7, 11) is 0. The molecule has 5 rings (SSSR count). The van der Waals surface area contributed by atoms with Gasteiger partial charge in [-0.2, -0.15) is 0 Å². The molecule has 3 aromatic carbocycles. The van der Waals surface area contributed by atoms with Gasteiger partial charge in [0.25, 0.3) is 5.56 Å². The van der Waals surface area contributed by atoms with Crippen LogP contribution in [-0.2, 0) is 16.1 Å². The number of thiazole rings is 1. The maximum Gasteiger partial charge on any atom is 0.338 e. The molecule has 0 fully saturated rings. The molecule has 0 spiro atoms. The number of carbonyl (C=O) groups excluding carboxylic acids is 1. The molecule has 0 saturated heterocycles. The SMILES string of the molecule is CCOc1cc(C=c2sc3n(c2=O)C(c2ccc(OCc4ccccc4)cc2)C(C(=O)OC(C)C)=C(C)N=3)ccc1O. The summed E-state index contributed by atoms with van der Waals surface area (Å²) in [5.74, 6) is 0.505. The van der Waals surface area contributed by atoms with Crippen molar-refractivity contribution >= 4 is 23.4 Å². The number of hydrogen-bond donors (Lipinski definition) is 1. The molecule has 0 bridgehead atoms. The predicted octanol–water partition coefficient (Wildman–Crippen LogP) is 4.87. The van der Waals surface area contributed by atoms with Gasteiger partial charge in [-0.3, -0.25) is 9.36 Å². The van der Waals surface area contributed by atoms with Crippen LogP contribution in [0.15, 0.2) is 93.9 Å². The molecule has 1 aliphatic rings. The Morgan fingerprint density at radius 3 is 2.50 bits per heavy atom. The van der Waals surface area contributed by atoms with Crippen LogP contribution in [0, 0.1) is 0 Å². The van der Waals surface area contributed by atoms with E-state index in [-0.39, 0.29) is 17.4 Å². The maximum absolute atomic E-state index is 13.9. The largest absolute Gasteiger partial charge is 0.504 e. The van der Waals surface area contributed by atoms with Crippen LogP contribution in [-0.4, -0.2) is 28.4 Å². The lowest BCUT2D eigenvalue weighted by Crippen LogP contribution is -2.40. The van der Waals surface area contributed by atoms with E-state index in [1.807, 2.05) is 61.5 Å². The Bertz CT molecular complexity index is 1800. The van der Waals surface area contributed by atoms with E-state index in [9.17, 15) is 14.7 Å². The highest BCUT2D eigenvalue weighted by molar-refractivity contribution is 7.07. The van der Waals surface area contributed by atoms with Gasteiger partial charge in [0.05, 0.1) is 34.6 Å². The second-order valence-electron chi connectivity index (χ2n) is 10.0. The van der Waals surface area contributed by atoms with Crippen LogP contribution in [0.5, 0.6) is 17.2 Å². The van der Waals surface area contributed by atoms with Crippen molar-refractivity contribution in [3.05, 3.63) is 120 Å². The molecule has 0 saturated carbocycles. The molecular formula is C33H32N2O6S. The van der Waals surface area contributed by atoms with Crippen LogP contribution in [0.3, 0.4) is 0 Å². The van der Waals surface area contributed by atoms with Gasteiger partial charge in [0, 0.05) is 0 Å². The first kappa shape index (κ1) is 28.9. The van der Waals surface area contributed by atoms with Crippen LogP contribution in [0.25, 0.3) is 6.08 Å². The third-order valence-corrected chi connectivity index (χ3v) is 7.59. The third-order valence-electron chi connectivity index (χ3n) is 6.61. The molecule has 8 nitrogen and oxygen atoms in total. The number of fused-ring (bicyclic) bond motifs is 1. The van der Waals surface area contributed by atoms with Gasteiger partial charge in [-0.15, -0.1) is 0 Å². The van der Waals surface area contributed by atoms with Gasteiger partial charge >= 0.3 is 5.97 Å². The molecule has 4 aromatic rings. The lowest BCUT2D eigenvalue weighted by atomic mass is 9.96. The zero-order valence-electron chi connectivity index (χ0n) is 23.9. The lowest BCUT2D eigenvalue weighted by molar-refractivity contribution is -0.143. The second-order valence-corrected chi connectivity index (χ2v) is 11.0. The summed E-state index contributed by atoms with van der Waals surface area (Å²) in [5, 5.41) is 10.1. The molecule has 0 amide bonds. The van der Waals surface area contributed by atoms with Gasteiger partial charge in [0.2, 0.25) is 0 Å². The Labute approximate surface area is 247 Å². The van der Waals surface area contributed by atoms with Gasteiger partial charge < -0.3 is 19.3 Å². The number of nitrogens with zero attached hydrogens (tertiary/aromatic N) is 2. The highest BCUT2D eigenvalue weighted by Crippen LogP contribution is 2.32. The number of aromatic hydroxyl groups is 1. The van der Waals surface area contributed by atoms with E-state index >= 15 is 0 Å². The van der Waals surface area contributed by atoms with E-state index in [1.165, 1.54) is 17.4 Å². The number of rotatable bonds is 9. The van der Waals surface area contributed by atoms with E-state index in [2.05, 4.69) is 4.99 Å². The quantitative estimate of drug-likeness (QED) is 0.282. The summed E-state index contributed by atoms with van der Waals surface area (Å²) in [6.45, 7) is 7.96. The van der Waals surface area contributed by atoms with E-state index < -0.39 is 12.0 Å². The Kier molecular flexibility index (Phi) is 8.59. The van der Waals surface area contributed by atoms with Crippen LogP contribution in [0.2, 0.25) is 0 Å². The smallest absolute Gasteiger partial charge is 0.338 e. The summed E-state index contributed by atoms with van der Waals surface area (Å²) >= 11 is 1.23. The number of phenols is 1. The van der Waals surface area contributed by atoms with Crippen LogP contribution in [0.4, 0.5) is 0 Å². The topological polar surface area (TPSA) is 99.4 Å². The van der Waals surface area contributed by atoms with Crippen molar-refractivity contribution in [2.75, 3.05) is 6.61 Å². The van der Waals surface area contributed by atoms with Crippen LogP contribution < -0.4 is 24.4 Å². The highest BCUT2D eigenvalue weighted by Gasteiger charge is 2.33. The summed E-state index contributed by atoms with van der Waals surface area (Å²) in [6, 6.07) is 21.4. The molecule has 1 atom stereocenters. The first-order valence-electron chi connectivity index (χ1n) is 13.7. The molecule has 216 valence electrons. The average Bonchev–Trinajstić information content (AvgIpc) is 3.27. The molecule has 1 aromatic heterocycles. The van der Waals surface area contributed by atoms with Crippen molar-refractivity contribution in [2.24, 2.45) is 4.99 Å². The summed E-state index contributed by atoms with van der Waals surface area (Å²) in [4.78, 5) is 32.4. The lowest BCUT2D eigenvalue weighted by Gasteiger charge is -2.25. The second kappa shape index (κ2) is 12.5. The molecule has 1 N–H and O–H groups in total. The van der Waals surface area contributed by atoms with Crippen molar-refractivity contribution in [3.8, 4) is 17.2 Å². The van der Waals surface area contributed by atoms with E-state index in [0.717, 1.165) is 11.1 Å². The molecule has 42 heavy (non-hydrogen) atoms. The minimum absolute atomic E-state index is 0.0237. The number of hydrogen-bond acceptors (Lipinski definition) is 8. The Morgan fingerprint density at radius 2 is 1.81 bits per heavy atom. The van der Waals surface area contributed by atoms with Crippen molar-refractivity contribution in [3.63, 3.8) is 0 Å². The average molecular weight is 585 g/mol. The van der Waals surface area contributed by atoms with Gasteiger partial charge in [-0.25, -0.2) is 9.79 Å². The number of allylic oxidation sites excluding steroid dienone is 1. The number of aromatic nitrogens is 1. The Balaban J connectivity index is 1.57. The molecule has 9 heteroatoms. The van der Waals surface area contributed by atoms with Gasteiger partial charge in [-0.05, 0) is 74.7 Å². The van der Waals surface area contributed by atoms with Crippen molar-refractivity contribution < 1.29 is 24.1 Å². The fourth-order valence-corrected chi connectivity index (χ4v) is 5.75. The van der Waals surface area contributed by atoms with Crippen molar-refractivity contribution in [1.82, 2.24) is 4.57 Å². The monoisotopic (exact) mass is 584 g/mol. The molecule has 0 aliphatic carbocycles. The summed E-state index contributed by atoms with van der Waals surface area (Å²) in [6.07, 6.45) is 1.39. The third kappa shape index (κ3) is 6.16. The zero-order valence-corrected chi connectivity index (χ0v) is 24.7. The van der Waals surface area contributed by atoms with Gasteiger partial charge in [-0.1, -0.05) is 59.9 Å². The summed E-state index contributed by atoms with van der Waals surface area (Å²) in [5.41, 5.74) is 2.97. The zero-order chi connectivity index (χ0) is 29.8. The number of benzene rings is 3. The van der Waals surface area contributed by atoms with Gasteiger partial charge in [0.1, 0.15) is 12.4 Å². The minimum atomic E-state index is -0.739. The number of esters is 1. The van der Waals surface area contributed by atoms with Crippen molar-refractivity contribution in [2.45, 2.75) is 46.4 Å². The molecule has 2 heterocycles. The van der Waals surface area contributed by atoms with E-state index in [1.54, 1.807) is 43.5 Å². The fraction of sp³-hybridized carbons (Fsp3) is 0.242. The number of phenolic OH excluding ortho intramolecular Hbond substituents is 1. The van der Waals surface area contributed by atoms with E-state index in [4.69, 9.17) is 14.2 Å². The molecule has 1 aliphatic heterocycles. The fourth-order valence-electron chi connectivity index (χ4n) is 4.71. The molecular weight excluding hydrogens is 552 g/mol. The molecule has 0 radical (unpaired) electrons. The number of ether oxygens (including phenoxy) is 3. The minimum Gasteiger partial charge on any atom is -0.504 e.